The van der Waals surface area contributed by atoms with Gasteiger partial charge >= 0.3 is 5.97 Å². The maximum Gasteiger partial charge on any atom is 0.306 e. The largest absolute Gasteiger partial charge is 0.456 e. The lowest BCUT2D eigenvalue weighted by molar-refractivity contribution is -0.149. The molecule has 1 aliphatic rings. The number of allylic oxidation sites excluding steroid dienone is 2. The lowest BCUT2D eigenvalue weighted by Gasteiger charge is -2.10. The summed E-state index contributed by atoms with van der Waals surface area (Å²) in [6.07, 6.45) is 6.24. The van der Waals surface area contributed by atoms with Gasteiger partial charge in [0.1, 0.15) is 0 Å². The molecule has 1 aromatic rings. The van der Waals surface area contributed by atoms with E-state index in [2.05, 4.69) is 26.6 Å². The highest BCUT2D eigenvalue weighted by atomic mass is 79.9. The third-order valence-corrected chi connectivity index (χ3v) is 4.31. The summed E-state index contributed by atoms with van der Waals surface area (Å²) < 4.78 is 5.85. The molecule has 0 saturated heterocycles. The second-order valence-electron chi connectivity index (χ2n) is 5.91. The van der Waals surface area contributed by atoms with E-state index in [1.165, 1.54) is 0 Å². The van der Waals surface area contributed by atoms with E-state index in [-0.39, 0.29) is 31.4 Å². The molecule has 7 heteroatoms. The second-order valence-corrected chi connectivity index (χ2v) is 6.83. The van der Waals surface area contributed by atoms with Crippen LogP contribution in [0.1, 0.15) is 24.8 Å². The van der Waals surface area contributed by atoms with Crippen molar-refractivity contribution in [2.45, 2.75) is 26.2 Å². The molecule has 25 heavy (non-hydrogen) atoms. The molecule has 0 fully saturated rings. The molecule has 0 unspecified atom stereocenters. The van der Waals surface area contributed by atoms with Crippen molar-refractivity contribution in [1.82, 2.24) is 5.32 Å². The van der Waals surface area contributed by atoms with Crippen LogP contribution >= 0.6 is 15.9 Å². The van der Waals surface area contributed by atoms with Gasteiger partial charge in [-0.2, -0.15) is 0 Å². The topological polar surface area (TPSA) is 84.5 Å². The Labute approximate surface area is 155 Å². The fraction of sp³-hybridized carbons (Fsp3) is 0.389. The predicted molar refractivity (Wildman–Crippen MR) is 98.0 cm³/mol. The van der Waals surface area contributed by atoms with Crippen LogP contribution in [0, 0.1) is 12.8 Å². The van der Waals surface area contributed by atoms with Gasteiger partial charge in [-0.25, -0.2) is 0 Å². The summed E-state index contributed by atoms with van der Waals surface area (Å²) in [6, 6.07) is 5.48. The molecule has 2 N–H and O–H groups in total. The van der Waals surface area contributed by atoms with Gasteiger partial charge in [0, 0.05) is 10.2 Å². The van der Waals surface area contributed by atoms with Crippen LogP contribution in [-0.2, 0) is 19.1 Å². The van der Waals surface area contributed by atoms with Gasteiger partial charge in [-0.1, -0.05) is 28.1 Å². The first kappa shape index (κ1) is 19.2. The Balaban J connectivity index is 1.66. The Morgan fingerprint density at radius 1 is 1.28 bits per heavy atom. The first-order valence-corrected chi connectivity index (χ1v) is 8.88. The number of nitrogens with one attached hydrogen (secondary N) is 2. The number of aryl methyl sites for hydroxylation is 1. The van der Waals surface area contributed by atoms with Gasteiger partial charge in [-0.3, -0.25) is 14.4 Å². The fourth-order valence-electron chi connectivity index (χ4n) is 2.48. The van der Waals surface area contributed by atoms with Crippen molar-refractivity contribution in [1.29, 1.82) is 0 Å². The van der Waals surface area contributed by atoms with E-state index in [1.807, 2.05) is 31.2 Å². The summed E-state index contributed by atoms with van der Waals surface area (Å²) in [6.45, 7) is 1.31. The SMILES string of the molecule is Cc1cc(Br)ccc1NC(=O)CNC(=O)COC(=O)C[C@@H]1C=CCC1. The summed E-state index contributed by atoms with van der Waals surface area (Å²) >= 11 is 3.35. The lowest BCUT2D eigenvalue weighted by Crippen LogP contribution is -2.35. The highest BCUT2D eigenvalue weighted by Crippen LogP contribution is 2.21. The molecule has 2 rings (SSSR count). The first-order chi connectivity index (χ1) is 11.9. The van der Waals surface area contributed by atoms with E-state index in [0.29, 0.717) is 5.69 Å². The van der Waals surface area contributed by atoms with Crippen LogP contribution in [0.2, 0.25) is 0 Å². The van der Waals surface area contributed by atoms with Gasteiger partial charge in [-0.15, -0.1) is 0 Å². The Morgan fingerprint density at radius 3 is 2.76 bits per heavy atom. The molecule has 134 valence electrons. The third kappa shape index (κ3) is 6.70. The number of carbonyl (C=O) groups is 3. The van der Waals surface area contributed by atoms with Crippen molar-refractivity contribution >= 4 is 39.4 Å². The summed E-state index contributed by atoms with van der Waals surface area (Å²) in [4.78, 5) is 35.2. The summed E-state index contributed by atoms with van der Waals surface area (Å²) in [5.41, 5.74) is 1.59. The molecule has 0 saturated carbocycles. The van der Waals surface area contributed by atoms with Gasteiger partial charge in [0.15, 0.2) is 6.61 Å². The highest BCUT2D eigenvalue weighted by molar-refractivity contribution is 9.10. The molecular formula is C18H21BrN2O4. The van der Waals surface area contributed by atoms with Gasteiger partial charge < -0.3 is 15.4 Å². The summed E-state index contributed by atoms with van der Waals surface area (Å²) in [5.74, 6) is -1.05. The molecule has 0 bridgehead atoms. The highest BCUT2D eigenvalue weighted by Gasteiger charge is 2.16. The predicted octanol–water partition coefficient (Wildman–Crippen LogP) is 2.71. The number of esters is 1. The molecule has 2 amide bonds. The Morgan fingerprint density at radius 2 is 2.08 bits per heavy atom. The number of hydrogen-bond acceptors (Lipinski definition) is 4. The van der Waals surface area contributed by atoms with Crippen molar-refractivity contribution in [3.05, 3.63) is 40.4 Å². The van der Waals surface area contributed by atoms with E-state index in [0.717, 1.165) is 22.9 Å². The number of rotatable bonds is 7. The van der Waals surface area contributed by atoms with E-state index >= 15 is 0 Å². The maximum absolute atomic E-state index is 11.9. The third-order valence-electron chi connectivity index (χ3n) is 3.81. The van der Waals surface area contributed by atoms with Gasteiger partial charge in [0.05, 0.1) is 13.0 Å². The first-order valence-electron chi connectivity index (χ1n) is 8.09. The molecule has 1 aliphatic carbocycles. The standard InChI is InChI=1S/C18H21BrN2O4/c1-12-8-14(19)6-7-15(12)21-16(22)10-20-17(23)11-25-18(24)9-13-4-2-3-5-13/h2,4,6-8,13H,3,5,9-11H2,1H3,(H,20,23)(H,21,22)/t13-/m1/s1. The minimum absolute atomic E-state index is 0.183. The molecule has 6 nitrogen and oxygen atoms in total. The van der Waals surface area contributed by atoms with Crippen LogP contribution in [0.3, 0.4) is 0 Å². The van der Waals surface area contributed by atoms with Crippen LogP contribution in [0.15, 0.2) is 34.8 Å². The van der Waals surface area contributed by atoms with Crippen molar-refractivity contribution in [2.24, 2.45) is 5.92 Å². The van der Waals surface area contributed by atoms with Crippen LogP contribution in [-0.4, -0.2) is 30.9 Å². The molecule has 0 aromatic heterocycles. The second kappa shape index (κ2) is 9.36. The molecule has 1 atom stereocenters. The lowest BCUT2D eigenvalue weighted by atomic mass is 10.1. The number of ether oxygens (including phenoxy) is 1. The zero-order valence-corrected chi connectivity index (χ0v) is 15.6. The fourth-order valence-corrected chi connectivity index (χ4v) is 2.95. The Kier molecular flexibility index (Phi) is 7.18. The van der Waals surface area contributed by atoms with Gasteiger partial charge in [-0.05, 0) is 49.4 Å². The number of benzene rings is 1. The van der Waals surface area contributed by atoms with Crippen molar-refractivity contribution in [3.63, 3.8) is 0 Å². The molecule has 0 heterocycles. The van der Waals surface area contributed by atoms with E-state index in [1.54, 1.807) is 6.07 Å². The smallest absolute Gasteiger partial charge is 0.306 e. The normalized spacial score (nSPS) is 15.7. The molecule has 0 aliphatic heterocycles. The van der Waals surface area contributed by atoms with E-state index in [9.17, 15) is 14.4 Å². The van der Waals surface area contributed by atoms with Crippen LogP contribution in [0.25, 0.3) is 0 Å². The molecular weight excluding hydrogens is 388 g/mol. The monoisotopic (exact) mass is 408 g/mol. The molecule has 0 spiro atoms. The maximum atomic E-state index is 11.9. The number of anilines is 1. The zero-order valence-electron chi connectivity index (χ0n) is 14.0. The quantitative estimate of drug-likeness (QED) is 0.536. The van der Waals surface area contributed by atoms with Gasteiger partial charge in [0.2, 0.25) is 5.91 Å². The summed E-state index contributed by atoms with van der Waals surface area (Å²) in [5, 5.41) is 5.15. The number of amides is 2. The molecule has 0 radical (unpaired) electrons. The minimum Gasteiger partial charge on any atom is -0.456 e. The summed E-state index contributed by atoms with van der Waals surface area (Å²) in [7, 11) is 0. The van der Waals surface area contributed by atoms with Crippen molar-refractivity contribution in [3.8, 4) is 0 Å². The van der Waals surface area contributed by atoms with E-state index in [4.69, 9.17) is 4.74 Å². The van der Waals surface area contributed by atoms with Crippen LogP contribution < -0.4 is 10.6 Å². The average Bonchev–Trinajstić information content (AvgIpc) is 3.06. The number of hydrogen-bond donors (Lipinski definition) is 2. The zero-order chi connectivity index (χ0) is 18.2. The van der Waals surface area contributed by atoms with Crippen LogP contribution in [0.5, 0.6) is 0 Å². The number of carbonyl (C=O) groups excluding carboxylic acids is 3. The molecule has 1 aromatic carbocycles. The Hall–Kier alpha value is -2.15. The minimum atomic E-state index is -0.502. The van der Waals surface area contributed by atoms with Crippen molar-refractivity contribution in [2.75, 3.05) is 18.5 Å². The number of halogens is 1. The van der Waals surface area contributed by atoms with Crippen molar-refractivity contribution < 1.29 is 19.1 Å². The van der Waals surface area contributed by atoms with E-state index < -0.39 is 11.9 Å². The average molecular weight is 409 g/mol. The van der Waals surface area contributed by atoms with Crippen LogP contribution in [0.4, 0.5) is 5.69 Å². The van der Waals surface area contributed by atoms with Gasteiger partial charge in [0.25, 0.3) is 5.91 Å². The Bertz CT molecular complexity index is 688.